The lowest BCUT2D eigenvalue weighted by molar-refractivity contribution is 0.0704. The average Bonchev–Trinajstić information content (AvgIpc) is 3.19. The average molecular weight is 332 g/mol. The molecule has 3 heterocycles. The molecule has 5 heteroatoms. The van der Waals surface area contributed by atoms with Gasteiger partial charge in [-0.2, -0.15) is 0 Å². The van der Waals surface area contributed by atoms with Crippen LogP contribution in [-0.4, -0.2) is 38.8 Å². The van der Waals surface area contributed by atoms with Crippen molar-refractivity contribution in [2.75, 3.05) is 13.1 Å². The molecule has 1 saturated heterocycles. The van der Waals surface area contributed by atoms with Crippen molar-refractivity contribution in [3.8, 4) is 11.3 Å². The van der Waals surface area contributed by atoms with E-state index >= 15 is 0 Å². The normalized spacial score (nSPS) is 17.4. The molecular formula is C20H20N4O. The number of carbonyl (C=O) groups excluding carboxylic acids is 1. The summed E-state index contributed by atoms with van der Waals surface area (Å²) in [6.45, 7) is 1.48. The fourth-order valence-electron chi connectivity index (χ4n) is 3.37. The van der Waals surface area contributed by atoms with Crippen LogP contribution in [0.15, 0.2) is 61.1 Å². The lowest BCUT2D eigenvalue weighted by Gasteiger charge is -2.31. The van der Waals surface area contributed by atoms with Crippen LogP contribution >= 0.6 is 0 Å². The Labute approximate surface area is 146 Å². The molecule has 4 rings (SSSR count). The number of hydrogen-bond acceptors (Lipinski definition) is 3. The third kappa shape index (κ3) is 3.31. The number of amides is 1. The SMILES string of the molecule is O=C(c1cccnc1)N1CCC[C@@H](c2ncc(-c3ccccc3)[nH]2)C1. The van der Waals surface area contributed by atoms with Crippen LogP contribution in [0.3, 0.4) is 0 Å². The monoisotopic (exact) mass is 332 g/mol. The number of aromatic amines is 1. The molecule has 0 aliphatic carbocycles. The third-order valence-electron chi connectivity index (χ3n) is 4.68. The molecule has 0 bridgehead atoms. The highest BCUT2D eigenvalue weighted by Gasteiger charge is 2.27. The molecule has 1 aliphatic heterocycles. The van der Waals surface area contributed by atoms with Crippen molar-refractivity contribution in [2.24, 2.45) is 0 Å². The van der Waals surface area contributed by atoms with Gasteiger partial charge in [-0.05, 0) is 30.5 Å². The van der Waals surface area contributed by atoms with Crippen LogP contribution in [0.25, 0.3) is 11.3 Å². The molecule has 1 amide bonds. The van der Waals surface area contributed by atoms with E-state index in [1.54, 1.807) is 18.5 Å². The zero-order valence-corrected chi connectivity index (χ0v) is 13.9. The van der Waals surface area contributed by atoms with Gasteiger partial charge in [-0.3, -0.25) is 9.78 Å². The number of imidazole rings is 1. The van der Waals surface area contributed by atoms with Crippen LogP contribution in [0.5, 0.6) is 0 Å². The third-order valence-corrected chi connectivity index (χ3v) is 4.68. The summed E-state index contributed by atoms with van der Waals surface area (Å²) in [7, 11) is 0. The minimum atomic E-state index is 0.0487. The maximum absolute atomic E-state index is 12.7. The molecule has 25 heavy (non-hydrogen) atoms. The van der Waals surface area contributed by atoms with E-state index in [1.807, 2.05) is 35.4 Å². The summed E-state index contributed by atoms with van der Waals surface area (Å²) in [5, 5.41) is 0. The molecule has 1 fully saturated rings. The second kappa shape index (κ2) is 6.89. The van der Waals surface area contributed by atoms with Gasteiger partial charge in [0.1, 0.15) is 5.82 Å². The van der Waals surface area contributed by atoms with Gasteiger partial charge in [0.15, 0.2) is 0 Å². The fraction of sp³-hybridized carbons (Fsp3) is 0.250. The van der Waals surface area contributed by atoms with Gasteiger partial charge < -0.3 is 9.88 Å². The maximum atomic E-state index is 12.7. The summed E-state index contributed by atoms with van der Waals surface area (Å²) in [5.41, 5.74) is 2.79. The van der Waals surface area contributed by atoms with Gasteiger partial charge >= 0.3 is 0 Å². The van der Waals surface area contributed by atoms with Gasteiger partial charge in [-0.1, -0.05) is 30.3 Å². The second-order valence-corrected chi connectivity index (χ2v) is 6.38. The smallest absolute Gasteiger partial charge is 0.255 e. The molecule has 3 aromatic rings. The predicted octanol–water partition coefficient (Wildman–Crippen LogP) is 3.49. The van der Waals surface area contributed by atoms with Gasteiger partial charge in [0.25, 0.3) is 5.91 Å². The maximum Gasteiger partial charge on any atom is 0.255 e. The number of aromatic nitrogens is 3. The van der Waals surface area contributed by atoms with Crippen molar-refractivity contribution in [2.45, 2.75) is 18.8 Å². The lowest BCUT2D eigenvalue weighted by atomic mass is 9.97. The van der Waals surface area contributed by atoms with Crippen molar-refractivity contribution in [1.82, 2.24) is 19.9 Å². The molecule has 0 spiro atoms. The Kier molecular flexibility index (Phi) is 4.29. The van der Waals surface area contributed by atoms with Gasteiger partial charge in [-0.15, -0.1) is 0 Å². The molecule has 0 saturated carbocycles. The number of rotatable bonds is 3. The summed E-state index contributed by atoms with van der Waals surface area (Å²) in [6.07, 6.45) is 7.22. The fourth-order valence-corrected chi connectivity index (χ4v) is 3.37. The molecule has 1 N–H and O–H groups in total. The molecule has 1 atom stereocenters. The first-order valence-corrected chi connectivity index (χ1v) is 8.61. The second-order valence-electron chi connectivity index (χ2n) is 6.38. The number of hydrogen-bond donors (Lipinski definition) is 1. The van der Waals surface area contributed by atoms with Crippen molar-refractivity contribution >= 4 is 5.91 Å². The summed E-state index contributed by atoms with van der Waals surface area (Å²) in [4.78, 5) is 26.6. The van der Waals surface area contributed by atoms with Gasteiger partial charge in [0.2, 0.25) is 0 Å². The topological polar surface area (TPSA) is 61.9 Å². The number of H-pyrrole nitrogens is 1. The van der Waals surface area contributed by atoms with Crippen LogP contribution in [-0.2, 0) is 0 Å². The zero-order chi connectivity index (χ0) is 17.1. The van der Waals surface area contributed by atoms with Crippen molar-refractivity contribution < 1.29 is 4.79 Å². The molecule has 5 nitrogen and oxygen atoms in total. The highest BCUT2D eigenvalue weighted by Crippen LogP contribution is 2.27. The molecular weight excluding hydrogens is 312 g/mol. The number of nitrogens with zero attached hydrogens (tertiary/aromatic N) is 3. The van der Waals surface area contributed by atoms with Crippen molar-refractivity contribution in [1.29, 1.82) is 0 Å². The lowest BCUT2D eigenvalue weighted by Crippen LogP contribution is -2.39. The van der Waals surface area contributed by atoms with Crippen LogP contribution in [0, 0.1) is 0 Å². The number of benzene rings is 1. The van der Waals surface area contributed by atoms with Gasteiger partial charge in [-0.25, -0.2) is 4.98 Å². The molecule has 0 radical (unpaired) electrons. The first-order valence-electron chi connectivity index (χ1n) is 8.61. The minimum absolute atomic E-state index is 0.0487. The first kappa shape index (κ1) is 15.6. The predicted molar refractivity (Wildman–Crippen MR) is 96.1 cm³/mol. The van der Waals surface area contributed by atoms with Crippen LogP contribution in [0.4, 0.5) is 0 Å². The Balaban J connectivity index is 1.50. The summed E-state index contributed by atoms with van der Waals surface area (Å²) < 4.78 is 0. The van der Waals surface area contributed by atoms with Crippen LogP contribution in [0.1, 0.15) is 34.9 Å². The van der Waals surface area contributed by atoms with Gasteiger partial charge in [0.05, 0.1) is 17.5 Å². The van der Waals surface area contributed by atoms with E-state index in [2.05, 4.69) is 27.1 Å². The number of piperidine rings is 1. The zero-order valence-electron chi connectivity index (χ0n) is 13.9. The molecule has 2 aromatic heterocycles. The summed E-state index contributed by atoms with van der Waals surface area (Å²) in [5.74, 6) is 1.25. The number of carbonyl (C=O) groups is 1. The minimum Gasteiger partial charge on any atom is -0.342 e. The Morgan fingerprint density at radius 3 is 2.80 bits per heavy atom. The Bertz CT molecular complexity index is 844. The number of pyridine rings is 1. The molecule has 0 unspecified atom stereocenters. The van der Waals surface area contributed by atoms with Crippen molar-refractivity contribution in [3.63, 3.8) is 0 Å². The van der Waals surface area contributed by atoms with E-state index in [1.165, 1.54) is 0 Å². The van der Waals surface area contributed by atoms with E-state index in [4.69, 9.17) is 0 Å². The summed E-state index contributed by atoms with van der Waals surface area (Å²) >= 11 is 0. The Morgan fingerprint density at radius 2 is 2.00 bits per heavy atom. The Hall–Kier alpha value is -2.95. The first-order chi connectivity index (χ1) is 12.3. The van der Waals surface area contributed by atoms with Crippen LogP contribution in [0.2, 0.25) is 0 Å². The summed E-state index contributed by atoms with van der Waals surface area (Å²) in [6, 6.07) is 13.8. The number of likely N-dealkylation sites (tertiary alicyclic amines) is 1. The Morgan fingerprint density at radius 1 is 1.12 bits per heavy atom. The van der Waals surface area contributed by atoms with E-state index in [0.717, 1.165) is 36.5 Å². The molecule has 126 valence electrons. The van der Waals surface area contributed by atoms with Gasteiger partial charge in [0, 0.05) is 31.4 Å². The molecule has 1 aliphatic rings. The quantitative estimate of drug-likeness (QED) is 0.798. The number of nitrogens with one attached hydrogen (secondary N) is 1. The van der Waals surface area contributed by atoms with E-state index in [0.29, 0.717) is 12.1 Å². The van der Waals surface area contributed by atoms with E-state index in [-0.39, 0.29) is 11.8 Å². The highest BCUT2D eigenvalue weighted by atomic mass is 16.2. The van der Waals surface area contributed by atoms with E-state index < -0.39 is 0 Å². The van der Waals surface area contributed by atoms with E-state index in [9.17, 15) is 4.79 Å². The molecule has 1 aromatic carbocycles. The standard InChI is InChI=1S/C20H20N4O/c25-20(16-8-4-10-21-12-16)24-11-5-9-17(14-24)19-22-13-18(23-19)15-6-2-1-3-7-15/h1-4,6-8,10,12-13,17H,5,9,11,14H2,(H,22,23)/t17-/m1/s1. The van der Waals surface area contributed by atoms with Crippen molar-refractivity contribution in [3.05, 3.63) is 72.4 Å². The largest absolute Gasteiger partial charge is 0.342 e. The highest BCUT2D eigenvalue weighted by molar-refractivity contribution is 5.94. The van der Waals surface area contributed by atoms with Crippen LogP contribution < -0.4 is 0 Å².